The molecule has 1 unspecified atom stereocenters. The maximum Gasteiger partial charge on any atom is 0.119 e. The zero-order chi connectivity index (χ0) is 19.5. The summed E-state index contributed by atoms with van der Waals surface area (Å²) in [5.41, 5.74) is 2.58. The van der Waals surface area contributed by atoms with Crippen molar-refractivity contribution >= 4 is 5.69 Å². The number of ether oxygens (including phenoxy) is 3. The molecular weight excluding hydrogens is 364 g/mol. The van der Waals surface area contributed by atoms with Gasteiger partial charge in [0.2, 0.25) is 0 Å². The zero-order valence-corrected chi connectivity index (χ0v) is 17.6. The first-order valence-corrected chi connectivity index (χ1v) is 11.8. The molecular formula is C24H36N2O3. The van der Waals surface area contributed by atoms with Crippen LogP contribution >= 0.6 is 0 Å². The summed E-state index contributed by atoms with van der Waals surface area (Å²) in [6, 6.07) is 7.17. The van der Waals surface area contributed by atoms with Crippen LogP contribution in [0.5, 0.6) is 5.75 Å². The first kappa shape index (κ1) is 19.7. The molecule has 4 aliphatic rings. The summed E-state index contributed by atoms with van der Waals surface area (Å²) in [6.45, 7) is 6.28. The Hall–Kier alpha value is -1.30. The first-order chi connectivity index (χ1) is 14.4. The molecule has 3 fully saturated rings. The lowest BCUT2D eigenvalue weighted by atomic mass is 9.71. The fourth-order valence-electron chi connectivity index (χ4n) is 5.85. The Morgan fingerprint density at radius 3 is 2.72 bits per heavy atom. The van der Waals surface area contributed by atoms with Gasteiger partial charge in [-0.05, 0) is 49.8 Å². The van der Waals surface area contributed by atoms with Gasteiger partial charge in [-0.25, -0.2) is 0 Å². The Bertz CT molecular complexity index is 670. The van der Waals surface area contributed by atoms with Gasteiger partial charge in [0.1, 0.15) is 12.4 Å². The van der Waals surface area contributed by atoms with Gasteiger partial charge in [-0.3, -0.25) is 4.90 Å². The van der Waals surface area contributed by atoms with Crippen molar-refractivity contribution in [3.63, 3.8) is 0 Å². The van der Waals surface area contributed by atoms with E-state index in [0.717, 1.165) is 57.7 Å². The molecule has 1 saturated carbocycles. The largest absolute Gasteiger partial charge is 0.492 e. The smallest absolute Gasteiger partial charge is 0.119 e. The van der Waals surface area contributed by atoms with Gasteiger partial charge in [-0.2, -0.15) is 0 Å². The Morgan fingerprint density at radius 2 is 1.86 bits per heavy atom. The van der Waals surface area contributed by atoms with Crippen molar-refractivity contribution < 1.29 is 14.2 Å². The van der Waals surface area contributed by atoms with Gasteiger partial charge >= 0.3 is 0 Å². The van der Waals surface area contributed by atoms with Crippen LogP contribution in [0.3, 0.4) is 0 Å². The summed E-state index contributed by atoms with van der Waals surface area (Å²) < 4.78 is 17.9. The minimum atomic E-state index is 0.231. The second-order valence-electron chi connectivity index (χ2n) is 9.22. The molecule has 5 heteroatoms. The van der Waals surface area contributed by atoms with E-state index in [1.807, 2.05) is 0 Å². The number of hydrogen-bond donors (Lipinski definition) is 1. The van der Waals surface area contributed by atoms with Crippen molar-refractivity contribution in [1.82, 2.24) is 4.90 Å². The quantitative estimate of drug-likeness (QED) is 0.801. The lowest BCUT2D eigenvalue weighted by molar-refractivity contribution is -0.0459. The Kier molecular flexibility index (Phi) is 6.26. The molecule has 3 aliphatic heterocycles. The number of rotatable bonds is 5. The number of morpholine rings is 1. The fourth-order valence-corrected chi connectivity index (χ4v) is 5.85. The third-order valence-electron chi connectivity index (χ3n) is 7.42. The van der Waals surface area contributed by atoms with Crippen LogP contribution in [0.15, 0.2) is 18.2 Å². The second kappa shape index (κ2) is 9.23. The van der Waals surface area contributed by atoms with Crippen molar-refractivity contribution in [2.24, 2.45) is 11.8 Å². The summed E-state index contributed by atoms with van der Waals surface area (Å²) in [6.07, 6.45) is 9.65. The molecule has 2 saturated heterocycles. The highest BCUT2D eigenvalue weighted by Gasteiger charge is 2.42. The van der Waals surface area contributed by atoms with Gasteiger partial charge in [0.15, 0.2) is 0 Å². The van der Waals surface area contributed by atoms with Crippen molar-refractivity contribution in [3.8, 4) is 5.75 Å². The molecule has 0 amide bonds. The lowest BCUT2D eigenvalue weighted by Gasteiger charge is -2.47. The van der Waals surface area contributed by atoms with E-state index in [9.17, 15) is 0 Å². The van der Waals surface area contributed by atoms with Gasteiger partial charge in [-0.15, -0.1) is 0 Å². The monoisotopic (exact) mass is 400 g/mol. The van der Waals surface area contributed by atoms with E-state index in [-0.39, 0.29) is 6.10 Å². The Morgan fingerprint density at radius 1 is 1.00 bits per heavy atom. The van der Waals surface area contributed by atoms with Gasteiger partial charge in [0.25, 0.3) is 0 Å². The summed E-state index contributed by atoms with van der Waals surface area (Å²) in [7, 11) is 0. The van der Waals surface area contributed by atoms with E-state index in [1.54, 1.807) is 0 Å². The standard InChI is InChI=1S/C24H36N2O3/c1-2-5-18(6-3-1)23-20-7-4-13-29-24(20)21-17-19(8-9-22(21)25-23)28-16-12-26-10-14-27-15-11-26/h8-9,17-18,20,23-25H,1-7,10-16H2/t20-,23+,24?/m0/s1. The lowest BCUT2D eigenvalue weighted by Crippen LogP contribution is -2.46. The van der Waals surface area contributed by atoms with Crippen LogP contribution in [0.2, 0.25) is 0 Å². The SMILES string of the molecule is c1cc2c(cc1OCCN1CCOCC1)C1OCCC[C@H]1[C@@H](C1CCCCC1)N2. The van der Waals surface area contributed by atoms with Crippen molar-refractivity contribution in [1.29, 1.82) is 0 Å². The minimum Gasteiger partial charge on any atom is -0.492 e. The topological polar surface area (TPSA) is 43.0 Å². The molecule has 3 atom stereocenters. The van der Waals surface area contributed by atoms with Gasteiger partial charge in [-0.1, -0.05) is 19.3 Å². The van der Waals surface area contributed by atoms with E-state index in [4.69, 9.17) is 14.2 Å². The Labute approximate surface area is 175 Å². The van der Waals surface area contributed by atoms with Crippen LogP contribution in [-0.2, 0) is 9.47 Å². The highest BCUT2D eigenvalue weighted by Crippen LogP contribution is 2.48. The normalized spacial score (nSPS) is 30.8. The molecule has 1 N–H and O–H groups in total. The number of fused-ring (bicyclic) bond motifs is 3. The highest BCUT2D eigenvalue weighted by atomic mass is 16.5. The van der Waals surface area contributed by atoms with Crippen molar-refractivity contribution in [2.75, 3.05) is 51.4 Å². The molecule has 1 aromatic rings. The van der Waals surface area contributed by atoms with Crippen LogP contribution in [0.25, 0.3) is 0 Å². The molecule has 1 aliphatic carbocycles. The molecule has 160 valence electrons. The molecule has 5 nitrogen and oxygen atoms in total. The summed E-state index contributed by atoms with van der Waals surface area (Å²) in [5.74, 6) is 2.38. The highest BCUT2D eigenvalue weighted by molar-refractivity contribution is 5.58. The van der Waals surface area contributed by atoms with Gasteiger partial charge in [0, 0.05) is 49.5 Å². The van der Waals surface area contributed by atoms with E-state index >= 15 is 0 Å². The third kappa shape index (κ3) is 4.42. The van der Waals surface area contributed by atoms with Crippen LogP contribution in [0.1, 0.15) is 56.6 Å². The molecule has 29 heavy (non-hydrogen) atoms. The summed E-state index contributed by atoms with van der Waals surface area (Å²) >= 11 is 0. The van der Waals surface area contributed by atoms with Gasteiger partial charge < -0.3 is 19.5 Å². The molecule has 5 rings (SSSR count). The maximum atomic E-state index is 6.37. The average Bonchev–Trinajstić information content (AvgIpc) is 2.80. The second-order valence-corrected chi connectivity index (χ2v) is 9.22. The molecule has 1 aromatic carbocycles. The fraction of sp³-hybridized carbons (Fsp3) is 0.750. The first-order valence-electron chi connectivity index (χ1n) is 11.8. The Balaban J connectivity index is 1.28. The van der Waals surface area contributed by atoms with Gasteiger partial charge in [0.05, 0.1) is 19.3 Å². The van der Waals surface area contributed by atoms with Crippen LogP contribution < -0.4 is 10.1 Å². The number of nitrogens with one attached hydrogen (secondary N) is 1. The van der Waals surface area contributed by atoms with E-state index < -0.39 is 0 Å². The number of anilines is 1. The van der Waals surface area contributed by atoms with Crippen molar-refractivity contribution in [2.45, 2.75) is 57.1 Å². The molecule has 0 bridgehead atoms. The zero-order valence-electron chi connectivity index (χ0n) is 17.6. The third-order valence-corrected chi connectivity index (χ3v) is 7.42. The average molecular weight is 401 g/mol. The molecule has 0 aromatic heterocycles. The molecule has 0 spiro atoms. The number of nitrogens with zero attached hydrogens (tertiary/aromatic N) is 1. The van der Waals surface area contributed by atoms with E-state index in [2.05, 4.69) is 28.4 Å². The predicted octanol–water partition coefficient (Wildman–Crippen LogP) is 4.24. The molecule has 0 radical (unpaired) electrons. The van der Waals surface area contributed by atoms with E-state index in [1.165, 1.54) is 56.2 Å². The van der Waals surface area contributed by atoms with Crippen LogP contribution in [-0.4, -0.2) is 57.0 Å². The minimum absolute atomic E-state index is 0.231. The predicted molar refractivity (Wildman–Crippen MR) is 115 cm³/mol. The maximum absolute atomic E-state index is 6.37. The van der Waals surface area contributed by atoms with Crippen LogP contribution in [0, 0.1) is 11.8 Å². The van der Waals surface area contributed by atoms with Crippen LogP contribution in [0.4, 0.5) is 5.69 Å². The summed E-state index contributed by atoms with van der Waals surface area (Å²) in [5, 5.41) is 3.94. The van der Waals surface area contributed by atoms with Crippen molar-refractivity contribution in [3.05, 3.63) is 23.8 Å². The molecule has 3 heterocycles. The summed E-state index contributed by atoms with van der Waals surface area (Å²) in [4.78, 5) is 2.42. The number of hydrogen-bond acceptors (Lipinski definition) is 5. The van der Waals surface area contributed by atoms with E-state index in [0.29, 0.717) is 12.0 Å². The number of benzene rings is 1.